The van der Waals surface area contributed by atoms with Crippen molar-refractivity contribution in [3.8, 4) is 22.6 Å². The number of likely N-dealkylation sites (N-methyl/N-ethyl adjacent to an activating group) is 1. The highest BCUT2D eigenvalue weighted by atomic mass is 32.1. The predicted octanol–water partition coefficient (Wildman–Crippen LogP) is 5.96. The van der Waals surface area contributed by atoms with E-state index in [2.05, 4.69) is 57.7 Å². The fourth-order valence-electron chi connectivity index (χ4n) is 4.58. The maximum Gasteiger partial charge on any atom is 0.227 e. The number of nitrogens with zero attached hydrogens (tertiary/aromatic N) is 4. The zero-order chi connectivity index (χ0) is 25.2. The van der Waals surface area contributed by atoms with Crippen LogP contribution >= 0.6 is 11.3 Å². The summed E-state index contributed by atoms with van der Waals surface area (Å²) >= 11 is 1.63. The molecule has 2 aromatic heterocycles. The number of methoxy groups -OCH3 is 1. The third-order valence-corrected chi connectivity index (χ3v) is 7.37. The number of para-hydroxylation sites is 1. The van der Waals surface area contributed by atoms with Gasteiger partial charge in [-0.1, -0.05) is 18.2 Å². The molecular formula is C28H33N5O2S. The first-order valence-electron chi connectivity index (χ1n) is 12.3. The summed E-state index contributed by atoms with van der Waals surface area (Å²) < 4.78 is 12.9. The molecule has 1 saturated heterocycles. The van der Waals surface area contributed by atoms with E-state index in [4.69, 9.17) is 14.5 Å². The van der Waals surface area contributed by atoms with Crippen LogP contribution in [0.2, 0.25) is 0 Å². The molecule has 5 rings (SSSR count). The lowest BCUT2D eigenvalue weighted by Crippen LogP contribution is -2.44. The molecule has 0 amide bonds. The van der Waals surface area contributed by atoms with Gasteiger partial charge in [0.2, 0.25) is 5.95 Å². The van der Waals surface area contributed by atoms with Crippen molar-refractivity contribution in [3.05, 3.63) is 53.5 Å². The average Bonchev–Trinajstić information content (AvgIpc) is 3.29. The Morgan fingerprint density at radius 1 is 1.03 bits per heavy atom. The maximum atomic E-state index is 6.25. The van der Waals surface area contributed by atoms with Gasteiger partial charge in [0.25, 0.3) is 0 Å². The van der Waals surface area contributed by atoms with Gasteiger partial charge in [0.05, 0.1) is 35.3 Å². The summed E-state index contributed by atoms with van der Waals surface area (Å²) in [6, 6.07) is 12.3. The van der Waals surface area contributed by atoms with E-state index in [1.807, 2.05) is 38.2 Å². The minimum atomic E-state index is 0.0472. The molecule has 188 valence electrons. The van der Waals surface area contributed by atoms with Gasteiger partial charge in [0.15, 0.2) is 0 Å². The first kappa shape index (κ1) is 24.3. The molecule has 36 heavy (non-hydrogen) atoms. The number of ether oxygens (including phenoxy) is 2. The lowest BCUT2D eigenvalue weighted by molar-refractivity contribution is 0.243. The topological polar surface area (TPSA) is 62.8 Å². The number of fused-ring (bicyclic) bond motifs is 1. The highest BCUT2D eigenvalue weighted by Gasteiger charge is 2.20. The summed E-state index contributed by atoms with van der Waals surface area (Å²) in [6.45, 7) is 10.4. The van der Waals surface area contributed by atoms with Crippen molar-refractivity contribution in [1.29, 1.82) is 0 Å². The minimum absolute atomic E-state index is 0.0472. The summed E-state index contributed by atoms with van der Waals surface area (Å²) in [7, 11) is 3.87. The van der Waals surface area contributed by atoms with Crippen molar-refractivity contribution >= 4 is 38.9 Å². The Kier molecular flexibility index (Phi) is 6.98. The molecule has 1 N–H and O–H groups in total. The van der Waals surface area contributed by atoms with Crippen LogP contribution in [0.25, 0.3) is 21.3 Å². The first-order chi connectivity index (χ1) is 17.4. The number of benzene rings is 2. The molecule has 1 aliphatic rings. The molecule has 0 atom stereocenters. The van der Waals surface area contributed by atoms with E-state index < -0.39 is 0 Å². The highest BCUT2D eigenvalue weighted by molar-refractivity contribution is 7.17. The zero-order valence-electron chi connectivity index (χ0n) is 21.5. The van der Waals surface area contributed by atoms with Gasteiger partial charge in [-0.05, 0) is 45.5 Å². The molecule has 0 bridgehead atoms. The Labute approximate surface area is 216 Å². The third-order valence-electron chi connectivity index (χ3n) is 6.46. The number of nitrogens with one attached hydrogen (secondary N) is 1. The van der Waals surface area contributed by atoms with E-state index in [9.17, 15) is 0 Å². The van der Waals surface area contributed by atoms with Crippen LogP contribution in [0.1, 0.15) is 19.4 Å². The summed E-state index contributed by atoms with van der Waals surface area (Å²) in [5, 5.41) is 5.56. The fraction of sp³-hybridized carbons (Fsp3) is 0.357. The summed E-state index contributed by atoms with van der Waals surface area (Å²) in [4.78, 5) is 14.3. The number of hydrogen-bond donors (Lipinski definition) is 1. The van der Waals surface area contributed by atoms with Gasteiger partial charge < -0.3 is 24.6 Å². The van der Waals surface area contributed by atoms with E-state index >= 15 is 0 Å². The molecule has 7 nitrogen and oxygen atoms in total. The molecule has 4 aromatic rings. The van der Waals surface area contributed by atoms with Gasteiger partial charge in [-0.15, -0.1) is 11.3 Å². The number of hydrogen-bond acceptors (Lipinski definition) is 8. The van der Waals surface area contributed by atoms with Gasteiger partial charge in [0.1, 0.15) is 11.5 Å². The van der Waals surface area contributed by atoms with Crippen molar-refractivity contribution in [3.63, 3.8) is 0 Å². The number of rotatable bonds is 7. The zero-order valence-corrected chi connectivity index (χ0v) is 22.4. The van der Waals surface area contributed by atoms with Crippen molar-refractivity contribution in [2.75, 3.05) is 50.6 Å². The Morgan fingerprint density at radius 2 is 1.81 bits per heavy atom. The Balaban J connectivity index is 1.50. The molecule has 1 aliphatic heterocycles. The predicted molar refractivity (Wildman–Crippen MR) is 149 cm³/mol. The lowest BCUT2D eigenvalue weighted by Gasteiger charge is -2.35. The van der Waals surface area contributed by atoms with Crippen molar-refractivity contribution in [2.24, 2.45) is 0 Å². The van der Waals surface area contributed by atoms with Gasteiger partial charge in [-0.3, -0.25) is 0 Å². The van der Waals surface area contributed by atoms with Crippen LogP contribution in [-0.4, -0.2) is 61.3 Å². The molecule has 8 heteroatoms. The van der Waals surface area contributed by atoms with Crippen molar-refractivity contribution < 1.29 is 9.47 Å². The van der Waals surface area contributed by atoms with Crippen LogP contribution < -0.4 is 19.7 Å². The summed E-state index contributed by atoms with van der Waals surface area (Å²) in [5.74, 6) is 2.17. The Bertz CT molecular complexity index is 1360. The molecule has 0 saturated carbocycles. The quantitative estimate of drug-likeness (QED) is 0.334. The molecule has 0 radical (unpaired) electrons. The number of aromatic nitrogens is 2. The smallest absolute Gasteiger partial charge is 0.227 e. The van der Waals surface area contributed by atoms with Crippen LogP contribution in [0.3, 0.4) is 0 Å². The summed E-state index contributed by atoms with van der Waals surface area (Å²) in [6.07, 6.45) is 1.92. The van der Waals surface area contributed by atoms with Crippen molar-refractivity contribution in [2.45, 2.75) is 26.9 Å². The van der Waals surface area contributed by atoms with E-state index in [1.54, 1.807) is 18.4 Å². The monoisotopic (exact) mass is 503 g/mol. The molecule has 1 fully saturated rings. The van der Waals surface area contributed by atoms with Gasteiger partial charge in [0, 0.05) is 54.4 Å². The normalized spacial score (nSPS) is 14.4. The Hall–Kier alpha value is -3.36. The molecule has 2 aromatic carbocycles. The van der Waals surface area contributed by atoms with Gasteiger partial charge in [-0.2, -0.15) is 0 Å². The number of anilines is 3. The summed E-state index contributed by atoms with van der Waals surface area (Å²) in [5.41, 5.74) is 6.25. The van der Waals surface area contributed by atoms with E-state index in [0.717, 1.165) is 64.7 Å². The Morgan fingerprint density at radius 3 is 2.56 bits per heavy atom. The third kappa shape index (κ3) is 4.96. The maximum absolute atomic E-state index is 6.25. The first-order valence-corrected chi connectivity index (χ1v) is 13.2. The van der Waals surface area contributed by atoms with Gasteiger partial charge in [-0.25, -0.2) is 9.97 Å². The van der Waals surface area contributed by atoms with Crippen LogP contribution in [0.5, 0.6) is 11.5 Å². The van der Waals surface area contributed by atoms with E-state index in [-0.39, 0.29) is 6.10 Å². The molecule has 0 aliphatic carbocycles. The SMILES string of the molecule is COc1ccccc1-c1csc2cnc(Nc3cc(C)c(N4CCN(C)CC4)cc3OC(C)C)nc12. The fourth-order valence-corrected chi connectivity index (χ4v) is 5.45. The average molecular weight is 504 g/mol. The standard InChI is InChI=1S/C28H33N5O2S/c1-18(2)35-25-15-23(33-12-10-32(4)11-13-33)19(3)14-22(25)30-28-29-16-26-27(31-28)21(17-36-26)20-8-6-7-9-24(20)34-5/h6-9,14-18H,10-13H2,1-5H3,(H,29,30,31). The second-order valence-corrected chi connectivity index (χ2v) is 10.4. The second-order valence-electron chi connectivity index (χ2n) is 9.47. The van der Waals surface area contributed by atoms with Gasteiger partial charge >= 0.3 is 0 Å². The van der Waals surface area contributed by atoms with Crippen LogP contribution in [0.15, 0.2) is 48.0 Å². The molecule has 0 spiro atoms. The minimum Gasteiger partial charge on any atom is -0.496 e. The largest absolute Gasteiger partial charge is 0.496 e. The van der Waals surface area contributed by atoms with Crippen LogP contribution in [0.4, 0.5) is 17.3 Å². The van der Waals surface area contributed by atoms with Crippen LogP contribution in [-0.2, 0) is 0 Å². The van der Waals surface area contributed by atoms with E-state index in [0.29, 0.717) is 5.95 Å². The molecule has 0 unspecified atom stereocenters. The van der Waals surface area contributed by atoms with Crippen molar-refractivity contribution in [1.82, 2.24) is 14.9 Å². The van der Waals surface area contributed by atoms with E-state index in [1.165, 1.54) is 11.3 Å². The highest BCUT2D eigenvalue weighted by Crippen LogP contribution is 2.39. The number of aryl methyl sites for hydroxylation is 1. The molecular weight excluding hydrogens is 470 g/mol. The number of thiophene rings is 1. The lowest BCUT2D eigenvalue weighted by atomic mass is 10.1. The second kappa shape index (κ2) is 10.3. The molecule has 3 heterocycles. The number of piperazine rings is 1. The van der Waals surface area contributed by atoms with Crippen LogP contribution in [0, 0.1) is 6.92 Å².